The standard InChI is InChI=1S/C12H20N4O3/c1-15(12-13-4-3-5-14-12)10-11(18)16(6-8-17)7-9-19-2/h3-5,17H,6-10H2,1-2H3. The summed E-state index contributed by atoms with van der Waals surface area (Å²) in [5, 5.41) is 8.96. The fourth-order valence-corrected chi connectivity index (χ4v) is 1.55. The molecule has 1 heterocycles. The van der Waals surface area contributed by atoms with Crippen molar-refractivity contribution in [2.45, 2.75) is 0 Å². The van der Waals surface area contributed by atoms with Crippen molar-refractivity contribution >= 4 is 11.9 Å². The van der Waals surface area contributed by atoms with Gasteiger partial charge in [-0.3, -0.25) is 4.79 Å². The number of amides is 1. The van der Waals surface area contributed by atoms with Gasteiger partial charge in [0.1, 0.15) is 0 Å². The number of methoxy groups -OCH3 is 1. The number of carbonyl (C=O) groups excluding carboxylic acids is 1. The first kappa shape index (κ1) is 15.3. The van der Waals surface area contributed by atoms with Crippen molar-refractivity contribution in [3.63, 3.8) is 0 Å². The molecule has 1 N–H and O–H groups in total. The Bertz CT molecular complexity index is 374. The average Bonchev–Trinajstić information content (AvgIpc) is 2.44. The lowest BCUT2D eigenvalue weighted by atomic mass is 10.4. The van der Waals surface area contributed by atoms with Crippen molar-refractivity contribution in [2.75, 3.05) is 51.9 Å². The number of rotatable bonds is 8. The highest BCUT2D eigenvalue weighted by Crippen LogP contribution is 2.02. The molecule has 0 bridgehead atoms. The maximum Gasteiger partial charge on any atom is 0.242 e. The molecular weight excluding hydrogens is 248 g/mol. The number of nitrogens with zero attached hydrogens (tertiary/aromatic N) is 4. The largest absolute Gasteiger partial charge is 0.395 e. The van der Waals surface area contributed by atoms with Gasteiger partial charge in [0.15, 0.2) is 0 Å². The van der Waals surface area contributed by atoms with E-state index >= 15 is 0 Å². The molecule has 0 aliphatic carbocycles. The molecule has 0 aliphatic heterocycles. The second-order valence-electron chi connectivity index (χ2n) is 4.00. The van der Waals surface area contributed by atoms with Crippen LogP contribution in [0, 0.1) is 0 Å². The molecular formula is C12H20N4O3. The Morgan fingerprint density at radius 2 is 2.05 bits per heavy atom. The van der Waals surface area contributed by atoms with Crippen LogP contribution in [0.5, 0.6) is 0 Å². The summed E-state index contributed by atoms with van der Waals surface area (Å²) in [4.78, 5) is 23.4. The molecule has 7 nitrogen and oxygen atoms in total. The van der Waals surface area contributed by atoms with E-state index in [4.69, 9.17) is 9.84 Å². The van der Waals surface area contributed by atoms with E-state index in [-0.39, 0.29) is 19.1 Å². The Labute approximate surface area is 112 Å². The van der Waals surface area contributed by atoms with Crippen molar-refractivity contribution in [3.8, 4) is 0 Å². The molecule has 0 fully saturated rings. The molecule has 0 aromatic carbocycles. The highest BCUT2D eigenvalue weighted by molar-refractivity contribution is 5.80. The van der Waals surface area contributed by atoms with E-state index in [1.807, 2.05) is 0 Å². The molecule has 0 unspecified atom stereocenters. The molecule has 0 saturated carbocycles. The SMILES string of the molecule is COCCN(CCO)C(=O)CN(C)c1ncccn1. The highest BCUT2D eigenvalue weighted by atomic mass is 16.5. The predicted molar refractivity (Wildman–Crippen MR) is 70.8 cm³/mol. The quantitative estimate of drug-likeness (QED) is 0.677. The third-order valence-corrected chi connectivity index (χ3v) is 2.55. The van der Waals surface area contributed by atoms with Gasteiger partial charge in [0.05, 0.1) is 19.8 Å². The van der Waals surface area contributed by atoms with Crippen LogP contribution in [0.4, 0.5) is 5.95 Å². The summed E-state index contributed by atoms with van der Waals surface area (Å²) in [6.07, 6.45) is 3.25. The molecule has 1 amide bonds. The van der Waals surface area contributed by atoms with E-state index in [1.54, 1.807) is 42.4 Å². The van der Waals surface area contributed by atoms with Gasteiger partial charge in [0.25, 0.3) is 0 Å². The van der Waals surface area contributed by atoms with Crippen molar-refractivity contribution in [3.05, 3.63) is 18.5 Å². The van der Waals surface area contributed by atoms with Gasteiger partial charge in [-0.25, -0.2) is 9.97 Å². The lowest BCUT2D eigenvalue weighted by Crippen LogP contribution is -2.42. The van der Waals surface area contributed by atoms with Gasteiger partial charge in [-0.05, 0) is 6.07 Å². The smallest absolute Gasteiger partial charge is 0.242 e. The normalized spacial score (nSPS) is 10.3. The van der Waals surface area contributed by atoms with E-state index in [0.717, 1.165) is 0 Å². The zero-order valence-corrected chi connectivity index (χ0v) is 11.3. The van der Waals surface area contributed by atoms with Crippen LogP contribution in [0.15, 0.2) is 18.5 Å². The molecule has 0 aliphatic rings. The Hall–Kier alpha value is -1.73. The molecule has 0 saturated heterocycles. The van der Waals surface area contributed by atoms with Crippen LogP contribution in [-0.4, -0.2) is 72.9 Å². The maximum atomic E-state index is 12.1. The minimum atomic E-state index is -0.0962. The van der Waals surface area contributed by atoms with Gasteiger partial charge in [-0.15, -0.1) is 0 Å². The number of aliphatic hydroxyl groups excluding tert-OH is 1. The molecule has 0 spiro atoms. The van der Waals surface area contributed by atoms with Crippen LogP contribution >= 0.6 is 0 Å². The molecule has 19 heavy (non-hydrogen) atoms. The summed E-state index contributed by atoms with van der Waals surface area (Å²) in [6.45, 7) is 1.29. The fourth-order valence-electron chi connectivity index (χ4n) is 1.55. The third-order valence-electron chi connectivity index (χ3n) is 2.55. The Morgan fingerprint density at radius 1 is 1.37 bits per heavy atom. The summed E-state index contributed by atoms with van der Waals surface area (Å²) < 4.78 is 4.94. The minimum Gasteiger partial charge on any atom is -0.395 e. The average molecular weight is 268 g/mol. The van der Waals surface area contributed by atoms with Crippen LogP contribution in [0.2, 0.25) is 0 Å². The molecule has 1 aromatic heterocycles. The van der Waals surface area contributed by atoms with Crippen molar-refractivity contribution in [1.29, 1.82) is 0 Å². The molecule has 7 heteroatoms. The number of aromatic nitrogens is 2. The first-order chi connectivity index (χ1) is 9.19. The van der Waals surface area contributed by atoms with Crippen molar-refractivity contribution in [1.82, 2.24) is 14.9 Å². The number of carbonyl (C=O) groups is 1. The monoisotopic (exact) mass is 268 g/mol. The van der Waals surface area contributed by atoms with Crippen LogP contribution in [-0.2, 0) is 9.53 Å². The zero-order valence-electron chi connectivity index (χ0n) is 11.3. The van der Waals surface area contributed by atoms with Crippen molar-refractivity contribution < 1.29 is 14.6 Å². The second kappa shape index (κ2) is 8.39. The number of hydrogen-bond donors (Lipinski definition) is 1. The summed E-state index contributed by atoms with van der Waals surface area (Å²) in [5.41, 5.74) is 0. The van der Waals surface area contributed by atoms with E-state index in [2.05, 4.69) is 9.97 Å². The van der Waals surface area contributed by atoms with E-state index in [1.165, 1.54) is 0 Å². The number of ether oxygens (including phenoxy) is 1. The lowest BCUT2D eigenvalue weighted by Gasteiger charge is -2.24. The van der Waals surface area contributed by atoms with Crippen LogP contribution in [0.25, 0.3) is 0 Å². The summed E-state index contributed by atoms with van der Waals surface area (Å²) in [5.74, 6) is 0.396. The van der Waals surface area contributed by atoms with Gasteiger partial charge in [-0.2, -0.15) is 0 Å². The van der Waals surface area contributed by atoms with Gasteiger partial charge >= 0.3 is 0 Å². The van der Waals surface area contributed by atoms with E-state index in [0.29, 0.717) is 25.6 Å². The Kier molecular flexibility index (Phi) is 6.76. The Morgan fingerprint density at radius 3 is 2.63 bits per heavy atom. The van der Waals surface area contributed by atoms with Gasteiger partial charge in [0, 0.05) is 39.6 Å². The van der Waals surface area contributed by atoms with Crippen LogP contribution in [0.1, 0.15) is 0 Å². The topological polar surface area (TPSA) is 78.8 Å². The molecule has 106 valence electrons. The molecule has 1 rings (SSSR count). The Balaban J connectivity index is 2.55. The first-order valence-corrected chi connectivity index (χ1v) is 6.04. The highest BCUT2D eigenvalue weighted by Gasteiger charge is 2.16. The first-order valence-electron chi connectivity index (χ1n) is 6.04. The van der Waals surface area contributed by atoms with Gasteiger partial charge in [-0.1, -0.05) is 0 Å². The summed E-state index contributed by atoms with van der Waals surface area (Å²) in [6, 6.07) is 1.72. The third kappa shape index (κ3) is 5.19. The van der Waals surface area contributed by atoms with Crippen molar-refractivity contribution in [2.24, 2.45) is 0 Å². The lowest BCUT2D eigenvalue weighted by molar-refractivity contribution is -0.130. The van der Waals surface area contributed by atoms with Gasteiger partial charge in [0.2, 0.25) is 11.9 Å². The fraction of sp³-hybridized carbons (Fsp3) is 0.583. The second-order valence-corrected chi connectivity index (χ2v) is 4.00. The number of hydrogen-bond acceptors (Lipinski definition) is 6. The van der Waals surface area contributed by atoms with Crippen LogP contribution < -0.4 is 4.90 Å². The maximum absolute atomic E-state index is 12.1. The molecule has 0 atom stereocenters. The summed E-state index contributed by atoms with van der Waals surface area (Å²) in [7, 11) is 3.33. The zero-order chi connectivity index (χ0) is 14.1. The van der Waals surface area contributed by atoms with Crippen LogP contribution in [0.3, 0.4) is 0 Å². The predicted octanol–water partition coefficient (Wildman–Crippen LogP) is -0.620. The van der Waals surface area contributed by atoms with Gasteiger partial charge < -0.3 is 19.6 Å². The summed E-state index contributed by atoms with van der Waals surface area (Å²) >= 11 is 0. The molecule has 1 aromatic rings. The molecule has 0 radical (unpaired) electrons. The number of anilines is 1. The number of likely N-dealkylation sites (N-methyl/N-ethyl adjacent to an activating group) is 1. The van der Waals surface area contributed by atoms with E-state index in [9.17, 15) is 4.79 Å². The number of aliphatic hydroxyl groups is 1. The minimum absolute atomic E-state index is 0.0684. The van der Waals surface area contributed by atoms with E-state index < -0.39 is 0 Å².